The van der Waals surface area contributed by atoms with E-state index in [1.54, 1.807) is 0 Å². The summed E-state index contributed by atoms with van der Waals surface area (Å²) in [5.41, 5.74) is 4.81. The van der Waals surface area contributed by atoms with Crippen molar-refractivity contribution in [2.45, 2.75) is 6.42 Å². The summed E-state index contributed by atoms with van der Waals surface area (Å²) in [5, 5.41) is 21.1. The topological polar surface area (TPSA) is 144 Å². The zero-order valence-corrected chi connectivity index (χ0v) is 12.7. The molecular formula is C15H12N4O6. The molecule has 2 aromatic rings. The zero-order valence-electron chi connectivity index (χ0n) is 12.7. The Labute approximate surface area is 140 Å². The van der Waals surface area contributed by atoms with Crippen LogP contribution in [0, 0.1) is 20.2 Å². The third-order valence-electron chi connectivity index (χ3n) is 3.17. The maximum atomic E-state index is 11.8. The molecule has 0 saturated carbocycles. The van der Waals surface area contributed by atoms with Gasteiger partial charge < -0.3 is 0 Å². The van der Waals surface area contributed by atoms with Crippen molar-refractivity contribution in [2.24, 2.45) is 0 Å². The molecule has 0 spiro atoms. The van der Waals surface area contributed by atoms with Gasteiger partial charge in [-0.3, -0.25) is 40.7 Å². The fourth-order valence-electron chi connectivity index (χ4n) is 1.90. The lowest BCUT2D eigenvalue weighted by Crippen LogP contribution is -2.42. The highest BCUT2D eigenvalue weighted by molar-refractivity contribution is 5.95. The Hall–Kier alpha value is -3.82. The summed E-state index contributed by atoms with van der Waals surface area (Å²) < 4.78 is 0. The molecule has 128 valence electrons. The lowest BCUT2D eigenvalue weighted by atomic mass is 10.1. The van der Waals surface area contributed by atoms with Gasteiger partial charge in [0.1, 0.15) is 0 Å². The van der Waals surface area contributed by atoms with Crippen molar-refractivity contribution >= 4 is 23.2 Å². The summed E-state index contributed by atoms with van der Waals surface area (Å²) >= 11 is 0. The van der Waals surface area contributed by atoms with Gasteiger partial charge in [-0.15, -0.1) is 0 Å². The number of benzene rings is 2. The predicted molar refractivity (Wildman–Crippen MR) is 85.5 cm³/mol. The highest BCUT2D eigenvalue weighted by atomic mass is 16.6. The molecule has 2 N–H and O–H groups in total. The Balaban J connectivity index is 1.87. The number of nitrogens with zero attached hydrogens (tertiary/aromatic N) is 2. The Kier molecular flexibility index (Phi) is 5.36. The SMILES string of the molecule is O=C(Cc1ccc([N+](=O)[O-])cc1)NNC(=O)c1ccc([N+](=O)[O-])cc1. The highest BCUT2D eigenvalue weighted by Gasteiger charge is 2.11. The van der Waals surface area contributed by atoms with E-state index in [2.05, 4.69) is 10.9 Å². The molecule has 0 aromatic heterocycles. The average Bonchev–Trinajstić information content (AvgIpc) is 2.60. The lowest BCUT2D eigenvalue weighted by molar-refractivity contribution is -0.385. The van der Waals surface area contributed by atoms with E-state index in [9.17, 15) is 29.8 Å². The van der Waals surface area contributed by atoms with Crippen molar-refractivity contribution in [1.29, 1.82) is 0 Å². The summed E-state index contributed by atoms with van der Waals surface area (Å²) in [6, 6.07) is 10.3. The van der Waals surface area contributed by atoms with Gasteiger partial charge in [-0.2, -0.15) is 0 Å². The van der Waals surface area contributed by atoms with Crippen molar-refractivity contribution in [3.63, 3.8) is 0 Å². The number of nitro benzene ring substituents is 2. The summed E-state index contributed by atoms with van der Waals surface area (Å²) in [6.07, 6.45) is -0.0848. The number of hydrogen-bond acceptors (Lipinski definition) is 6. The molecule has 2 amide bonds. The van der Waals surface area contributed by atoms with Crippen molar-refractivity contribution in [1.82, 2.24) is 10.9 Å². The maximum absolute atomic E-state index is 11.8. The number of hydrazine groups is 1. The van der Waals surface area contributed by atoms with E-state index >= 15 is 0 Å². The van der Waals surface area contributed by atoms with E-state index in [1.165, 1.54) is 48.5 Å². The van der Waals surface area contributed by atoms with Crippen LogP contribution in [0.5, 0.6) is 0 Å². The standard InChI is InChI=1S/C15H12N4O6/c20-14(9-10-1-5-12(6-2-10)18(22)23)16-17-15(21)11-3-7-13(8-4-11)19(24)25/h1-8H,9H2,(H,16,20)(H,17,21). The normalized spacial score (nSPS) is 9.92. The fourth-order valence-corrected chi connectivity index (χ4v) is 1.90. The molecule has 2 aromatic carbocycles. The van der Waals surface area contributed by atoms with Crippen molar-refractivity contribution in [2.75, 3.05) is 0 Å². The van der Waals surface area contributed by atoms with Gasteiger partial charge in [0.25, 0.3) is 17.3 Å². The van der Waals surface area contributed by atoms with E-state index in [0.29, 0.717) is 5.56 Å². The lowest BCUT2D eigenvalue weighted by Gasteiger charge is -2.07. The summed E-state index contributed by atoms with van der Waals surface area (Å²) in [4.78, 5) is 43.5. The highest BCUT2D eigenvalue weighted by Crippen LogP contribution is 2.13. The molecular weight excluding hydrogens is 332 g/mol. The molecule has 0 radical (unpaired) electrons. The largest absolute Gasteiger partial charge is 0.273 e. The predicted octanol–water partition coefficient (Wildman–Crippen LogP) is 1.51. The molecule has 0 heterocycles. The Morgan fingerprint density at radius 2 is 1.28 bits per heavy atom. The van der Waals surface area contributed by atoms with Crippen LogP contribution in [0.1, 0.15) is 15.9 Å². The van der Waals surface area contributed by atoms with Gasteiger partial charge in [0.2, 0.25) is 5.91 Å². The molecule has 0 atom stereocenters. The molecule has 0 aliphatic rings. The minimum atomic E-state index is -0.632. The smallest absolute Gasteiger partial charge is 0.269 e. The molecule has 0 aliphatic heterocycles. The van der Waals surface area contributed by atoms with Gasteiger partial charge in [0, 0.05) is 29.8 Å². The molecule has 0 unspecified atom stereocenters. The first-order valence-corrected chi connectivity index (χ1v) is 6.94. The van der Waals surface area contributed by atoms with Crippen LogP contribution in [-0.2, 0) is 11.2 Å². The number of nitro groups is 2. The van der Waals surface area contributed by atoms with Crippen LogP contribution in [0.3, 0.4) is 0 Å². The van der Waals surface area contributed by atoms with Crippen molar-refractivity contribution in [3.05, 3.63) is 79.9 Å². The van der Waals surface area contributed by atoms with Crippen LogP contribution in [-0.4, -0.2) is 21.7 Å². The third-order valence-corrected chi connectivity index (χ3v) is 3.17. The second kappa shape index (κ2) is 7.64. The van der Waals surface area contributed by atoms with E-state index in [4.69, 9.17) is 0 Å². The van der Waals surface area contributed by atoms with Crippen LogP contribution < -0.4 is 10.9 Å². The minimum absolute atomic E-state index is 0.0848. The zero-order chi connectivity index (χ0) is 18.4. The van der Waals surface area contributed by atoms with E-state index in [0.717, 1.165) is 0 Å². The number of hydrogen-bond donors (Lipinski definition) is 2. The average molecular weight is 344 g/mol. The van der Waals surface area contributed by atoms with Crippen LogP contribution >= 0.6 is 0 Å². The maximum Gasteiger partial charge on any atom is 0.269 e. The van der Waals surface area contributed by atoms with Gasteiger partial charge in [0.05, 0.1) is 16.3 Å². The summed E-state index contributed by atoms with van der Waals surface area (Å²) in [6.45, 7) is 0. The molecule has 0 fully saturated rings. The number of carbonyl (C=O) groups excluding carboxylic acids is 2. The van der Waals surface area contributed by atoms with Crippen molar-refractivity contribution in [3.8, 4) is 0 Å². The second-order valence-corrected chi connectivity index (χ2v) is 4.91. The van der Waals surface area contributed by atoms with Gasteiger partial charge in [0.15, 0.2) is 0 Å². The first-order chi connectivity index (χ1) is 11.9. The number of nitrogens with one attached hydrogen (secondary N) is 2. The Bertz CT molecular complexity index is 817. The second-order valence-electron chi connectivity index (χ2n) is 4.91. The van der Waals surface area contributed by atoms with Crippen LogP contribution in [0.25, 0.3) is 0 Å². The van der Waals surface area contributed by atoms with E-state index in [1.807, 2.05) is 0 Å². The number of carbonyl (C=O) groups is 2. The van der Waals surface area contributed by atoms with Gasteiger partial charge >= 0.3 is 0 Å². The van der Waals surface area contributed by atoms with E-state index in [-0.39, 0.29) is 23.4 Å². The molecule has 0 saturated heterocycles. The first kappa shape index (κ1) is 17.5. The van der Waals surface area contributed by atoms with Crippen molar-refractivity contribution < 1.29 is 19.4 Å². The van der Waals surface area contributed by atoms with Gasteiger partial charge in [-0.1, -0.05) is 12.1 Å². The van der Waals surface area contributed by atoms with E-state index < -0.39 is 21.7 Å². The van der Waals surface area contributed by atoms with Gasteiger partial charge in [-0.25, -0.2) is 0 Å². The van der Waals surface area contributed by atoms with Crippen LogP contribution in [0.15, 0.2) is 48.5 Å². The third kappa shape index (κ3) is 4.82. The molecule has 0 aliphatic carbocycles. The quantitative estimate of drug-likeness (QED) is 0.621. The number of amides is 2. The fraction of sp³-hybridized carbons (Fsp3) is 0.0667. The first-order valence-electron chi connectivity index (χ1n) is 6.94. The van der Waals surface area contributed by atoms with Crippen LogP contribution in [0.2, 0.25) is 0 Å². The van der Waals surface area contributed by atoms with Crippen LogP contribution in [0.4, 0.5) is 11.4 Å². The molecule has 25 heavy (non-hydrogen) atoms. The Morgan fingerprint density at radius 1 is 0.800 bits per heavy atom. The molecule has 0 bridgehead atoms. The molecule has 2 rings (SSSR count). The van der Waals surface area contributed by atoms with Gasteiger partial charge in [-0.05, 0) is 17.7 Å². The number of rotatable bonds is 5. The molecule has 10 nitrogen and oxygen atoms in total. The number of non-ortho nitro benzene ring substituents is 2. The summed E-state index contributed by atoms with van der Waals surface area (Å²) in [5.74, 6) is -1.16. The Morgan fingerprint density at radius 3 is 1.76 bits per heavy atom. The molecule has 10 heteroatoms. The summed E-state index contributed by atoms with van der Waals surface area (Å²) in [7, 11) is 0. The minimum Gasteiger partial charge on any atom is -0.273 e. The monoisotopic (exact) mass is 344 g/mol.